The van der Waals surface area contributed by atoms with Crippen molar-refractivity contribution in [2.75, 3.05) is 11.9 Å². The Kier molecular flexibility index (Phi) is 6.69. The van der Waals surface area contributed by atoms with E-state index >= 15 is 0 Å². The minimum atomic E-state index is -1.05. The van der Waals surface area contributed by atoms with Crippen LogP contribution in [-0.4, -0.2) is 21.6 Å². The summed E-state index contributed by atoms with van der Waals surface area (Å²) in [6.45, 7) is 5.92. The smallest absolute Gasteiger partial charge is 0.130 e. The van der Waals surface area contributed by atoms with Gasteiger partial charge >= 0.3 is 0 Å². The number of rotatable bonds is 6. The molecule has 0 spiro atoms. The van der Waals surface area contributed by atoms with E-state index in [1.807, 2.05) is 37.3 Å². The Morgan fingerprint density at radius 3 is 2.41 bits per heavy atom. The van der Waals surface area contributed by atoms with Gasteiger partial charge in [-0.25, -0.2) is 9.97 Å². The summed E-state index contributed by atoms with van der Waals surface area (Å²) < 4.78 is 0. The molecule has 0 aliphatic carbocycles. The Bertz CT molecular complexity index is 1030. The molecule has 0 amide bonds. The first-order chi connectivity index (χ1) is 13.6. The summed E-state index contributed by atoms with van der Waals surface area (Å²) in [6, 6.07) is 12.9. The third kappa shape index (κ3) is 5.61. The predicted molar refractivity (Wildman–Crippen MR) is 121 cm³/mol. The Balaban J connectivity index is 1.80. The van der Waals surface area contributed by atoms with Crippen LogP contribution in [-0.2, 0) is 12.0 Å². The third-order valence-corrected chi connectivity index (χ3v) is 5.39. The molecule has 3 rings (SSSR count). The van der Waals surface area contributed by atoms with Crippen molar-refractivity contribution in [1.29, 1.82) is 0 Å². The number of nitrogens with zero attached hydrogens (tertiary/aromatic N) is 2. The quantitative estimate of drug-likeness (QED) is 0.463. The lowest BCUT2D eigenvalue weighted by molar-refractivity contribution is 0.0787. The number of hydrogen-bond acceptors (Lipinski definition) is 4. The van der Waals surface area contributed by atoms with E-state index in [9.17, 15) is 5.11 Å². The highest BCUT2D eigenvalue weighted by atomic mass is 35.5. The predicted octanol–water partition coefficient (Wildman–Crippen LogP) is 6.29. The van der Waals surface area contributed by atoms with Crippen LogP contribution in [0.4, 0.5) is 5.82 Å². The van der Waals surface area contributed by atoms with Crippen LogP contribution < -0.4 is 5.32 Å². The fourth-order valence-electron chi connectivity index (χ4n) is 3.01. The van der Waals surface area contributed by atoms with E-state index in [1.54, 1.807) is 26.0 Å². The molecule has 0 radical (unpaired) electrons. The van der Waals surface area contributed by atoms with Gasteiger partial charge in [-0.1, -0.05) is 46.9 Å². The molecule has 0 aliphatic rings. The minimum Gasteiger partial charge on any atom is -0.386 e. The lowest BCUT2D eigenvalue weighted by Gasteiger charge is -2.20. The lowest BCUT2D eigenvalue weighted by Crippen LogP contribution is -2.16. The van der Waals surface area contributed by atoms with Crippen LogP contribution in [0.15, 0.2) is 42.5 Å². The zero-order valence-corrected chi connectivity index (χ0v) is 18.7. The van der Waals surface area contributed by atoms with Crippen molar-refractivity contribution in [3.8, 4) is 11.3 Å². The van der Waals surface area contributed by atoms with Crippen molar-refractivity contribution in [3.05, 3.63) is 74.5 Å². The summed E-state index contributed by atoms with van der Waals surface area (Å²) in [5.41, 5.74) is 2.24. The molecule has 0 saturated heterocycles. The SMILES string of the molecule is Cc1nc(NCCc2ccc(Cl)cc2Cl)cc(-c2ccc(Cl)c(C(C)(C)O)c2)n1. The second-order valence-corrected chi connectivity index (χ2v) is 8.60. The molecule has 0 atom stereocenters. The highest BCUT2D eigenvalue weighted by Crippen LogP contribution is 2.32. The molecule has 4 nitrogen and oxygen atoms in total. The first-order valence-electron chi connectivity index (χ1n) is 9.20. The standard InChI is InChI=1S/C22H22Cl3N3O/c1-13-27-20(15-5-7-18(24)17(10-15)22(2,3)29)12-21(28-13)26-9-8-14-4-6-16(23)11-19(14)25/h4-7,10-12,29H,8-9H2,1-3H3,(H,26,27,28). The van der Waals surface area contributed by atoms with E-state index in [1.165, 1.54) is 0 Å². The molecule has 3 aromatic rings. The van der Waals surface area contributed by atoms with Crippen molar-refractivity contribution in [2.24, 2.45) is 0 Å². The molecular formula is C22H22Cl3N3O. The van der Waals surface area contributed by atoms with E-state index in [4.69, 9.17) is 34.8 Å². The molecule has 0 aliphatic heterocycles. The topological polar surface area (TPSA) is 58.0 Å². The van der Waals surface area contributed by atoms with Gasteiger partial charge in [0.1, 0.15) is 11.6 Å². The largest absolute Gasteiger partial charge is 0.386 e. The van der Waals surface area contributed by atoms with Gasteiger partial charge in [0.15, 0.2) is 0 Å². The highest BCUT2D eigenvalue weighted by molar-refractivity contribution is 6.35. The van der Waals surface area contributed by atoms with Crippen LogP contribution in [0.25, 0.3) is 11.3 Å². The highest BCUT2D eigenvalue weighted by Gasteiger charge is 2.20. The van der Waals surface area contributed by atoms with E-state index in [0.29, 0.717) is 33.0 Å². The Hall–Kier alpha value is -1.85. The van der Waals surface area contributed by atoms with E-state index in [-0.39, 0.29) is 0 Å². The molecule has 152 valence electrons. The molecular weight excluding hydrogens is 429 g/mol. The summed E-state index contributed by atoms with van der Waals surface area (Å²) in [7, 11) is 0. The number of anilines is 1. The summed E-state index contributed by atoms with van der Waals surface area (Å²) in [5, 5.41) is 15.5. The van der Waals surface area contributed by atoms with E-state index < -0.39 is 5.60 Å². The maximum absolute atomic E-state index is 10.4. The second-order valence-electron chi connectivity index (χ2n) is 7.35. The molecule has 1 aromatic heterocycles. The number of hydrogen-bond donors (Lipinski definition) is 2. The van der Waals surface area contributed by atoms with E-state index in [0.717, 1.165) is 29.1 Å². The number of aryl methyl sites for hydroxylation is 1. The van der Waals surface area contributed by atoms with Crippen molar-refractivity contribution in [2.45, 2.75) is 32.8 Å². The maximum Gasteiger partial charge on any atom is 0.130 e. The summed E-state index contributed by atoms with van der Waals surface area (Å²) >= 11 is 18.4. The molecule has 1 heterocycles. The normalized spacial score (nSPS) is 11.6. The molecule has 2 aromatic carbocycles. The Morgan fingerprint density at radius 2 is 1.72 bits per heavy atom. The van der Waals surface area contributed by atoms with Gasteiger partial charge in [-0.3, -0.25) is 0 Å². The second kappa shape index (κ2) is 8.88. The number of halogens is 3. The molecule has 0 unspecified atom stereocenters. The van der Waals surface area contributed by atoms with Gasteiger partial charge in [0.2, 0.25) is 0 Å². The van der Waals surface area contributed by atoms with Gasteiger partial charge in [0.25, 0.3) is 0 Å². The molecule has 7 heteroatoms. The Morgan fingerprint density at radius 1 is 0.966 bits per heavy atom. The van der Waals surface area contributed by atoms with Crippen LogP contribution >= 0.6 is 34.8 Å². The third-order valence-electron chi connectivity index (χ3n) is 4.47. The average Bonchev–Trinajstić information content (AvgIpc) is 2.62. The summed E-state index contributed by atoms with van der Waals surface area (Å²) in [5.74, 6) is 1.37. The Labute approximate surface area is 185 Å². The fourth-order valence-corrected chi connectivity index (χ4v) is 3.86. The first kappa shape index (κ1) is 21.8. The van der Waals surface area contributed by atoms with Gasteiger partial charge < -0.3 is 10.4 Å². The minimum absolute atomic E-state index is 0.519. The van der Waals surface area contributed by atoms with Gasteiger partial charge in [0, 0.05) is 38.8 Å². The number of nitrogens with one attached hydrogen (secondary N) is 1. The lowest BCUT2D eigenvalue weighted by atomic mass is 9.95. The van der Waals surface area contributed by atoms with Crippen LogP contribution in [0.5, 0.6) is 0 Å². The zero-order chi connectivity index (χ0) is 21.2. The summed E-state index contributed by atoms with van der Waals surface area (Å²) in [4.78, 5) is 9.00. The van der Waals surface area contributed by atoms with Crippen molar-refractivity contribution < 1.29 is 5.11 Å². The molecule has 0 fully saturated rings. The molecule has 29 heavy (non-hydrogen) atoms. The molecule has 0 saturated carbocycles. The van der Waals surface area contributed by atoms with Crippen molar-refractivity contribution in [1.82, 2.24) is 9.97 Å². The number of aliphatic hydroxyl groups is 1. The van der Waals surface area contributed by atoms with Crippen LogP contribution in [0.2, 0.25) is 15.1 Å². The first-order valence-corrected chi connectivity index (χ1v) is 10.3. The van der Waals surface area contributed by atoms with Crippen LogP contribution in [0.3, 0.4) is 0 Å². The van der Waals surface area contributed by atoms with Gasteiger partial charge in [-0.2, -0.15) is 0 Å². The summed E-state index contributed by atoms with van der Waals surface area (Å²) in [6.07, 6.45) is 0.734. The van der Waals surface area contributed by atoms with Crippen molar-refractivity contribution >= 4 is 40.6 Å². The van der Waals surface area contributed by atoms with Gasteiger partial charge in [-0.15, -0.1) is 0 Å². The number of aromatic nitrogens is 2. The van der Waals surface area contributed by atoms with Gasteiger partial charge in [0.05, 0.1) is 11.3 Å². The zero-order valence-electron chi connectivity index (χ0n) is 16.4. The maximum atomic E-state index is 10.4. The average molecular weight is 451 g/mol. The fraction of sp³-hybridized carbons (Fsp3) is 0.273. The van der Waals surface area contributed by atoms with Crippen LogP contribution in [0, 0.1) is 6.92 Å². The van der Waals surface area contributed by atoms with Crippen LogP contribution in [0.1, 0.15) is 30.8 Å². The van der Waals surface area contributed by atoms with E-state index in [2.05, 4.69) is 15.3 Å². The monoisotopic (exact) mass is 449 g/mol. The number of benzene rings is 2. The van der Waals surface area contributed by atoms with Crippen molar-refractivity contribution in [3.63, 3.8) is 0 Å². The molecule has 2 N–H and O–H groups in total. The molecule has 0 bridgehead atoms. The van der Waals surface area contributed by atoms with Gasteiger partial charge in [-0.05, 0) is 57.0 Å².